The third kappa shape index (κ3) is 2.59. The van der Waals surface area contributed by atoms with Gasteiger partial charge in [-0.1, -0.05) is 12.1 Å². The Bertz CT molecular complexity index is 830. The molecule has 3 nitrogen and oxygen atoms in total. The summed E-state index contributed by atoms with van der Waals surface area (Å²) in [6, 6.07) is 7.77. The summed E-state index contributed by atoms with van der Waals surface area (Å²) in [7, 11) is 0. The summed E-state index contributed by atoms with van der Waals surface area (Å²) in [4.78, 5) is 30.7. The molecule has 1 aliphatic rings. The molecule has 0 fully saturated rings. The number of allylic oxidation sites excluding steroid dienone is 4. The van der Waals surface area contributed by atoms with Gasteiger partial charge in [-0.15, -0.1) is 11.3 Å². The fourth-order valence-electron chi connectivity index (χ4n) is 2.94. The van der Waals surface area contributed by atoms with Crippen LogP contribution in [0, 0.1) is 0 Å². The smallest absolute Gasteiger partial charge is 0.186 e. The Morgan fingerprint density at radius 2 is 1.70 bits per heavy atom. The second kappa shape index (κ2) is 6.05. The fourth-order valence-corrected chi connectivity index (χ4v) is 3.80. The monoisotopic (exact) mass is 323 g/mol. The van der Waals surface area contributed by atoms with Crippen molar-refractivity contribution < 1.29 is 9.59 Å². The lowest BCUT2D eigenvalue weighted by Gasteiger charge is -2.25. The van der Waals surface area contributed by atoms with Crippen LogP contribution in [0.5, 0.6) is 0 Å². The highest BCUT2D eigenvalue weighted by Gasteiger charge is 2.34. The van der Waals surface area contributed by atoms with Crippen LogP contribution < -0.4 is 0 Å². The number of carbonyl (C=O) groups is 2. The van der Waals surface area contributed by atoms with Crippen LogP contribution in [-0.4, -0.2) is 16.6 Å². The topological polar surface area (TPSA) is 47.0 Å². The number of carbonyl (C=O) groups excluding carboxylic acids is 2. The normalized spacial score (nSPS) is 17.0. The van der Waals surface area contributed by atoms with Gasteiger partial charge in [0.1, 0.15) is 0 Å². The zero-order chi connectivity index (χ0) is 16.6. The van der Waals surface area contributed by atoms with Crippen LogP contribution >= 0.6 is 11.3 Å². The van der Waals surface area contributed by atoms with Gasteiger partial charge in [-0.25, -0.2) is 0 Å². The zero-order valence-corrected chi connectivity index (χ0v) is 14.1. The summed E-state index contributed by atoms with van der Waals surface area (Å²) in [5.41, 5.74) is 3.14. The van der Waals surface area contributed by atoms with Gasteiger partial charge in [0.2, 0.25) is 0 Å². The van der Waals surface area contributed by atoms with Gasteiger partial charge in [0.15, 0.2) is 11.6 Å². The van der Waals surface area contributed by atoms with Crippen molar-refractivity contribution in [1.29, 1.82) is 0 Å². The van der Waals surface area contributed by atoms with Crippen molar-refractivity contribution in [3.05, 3.63) is 74.8 Å². The quantitative estimate of drug-likeness (QED) is 0.800. The predicted octanol–water partition coefficient (Wildman–Crippen LogP) is 4.08. The maximum Gasteiger partial charge on any atom is 0.186 e. The molecule has 0 aliphatic heterocycles. The number of nitrogens with zero attached hydrogens (tertiary/aromatic N) is 1. The van der Waals surface area contributed by atoms with Gasteiger partial charge < -0.3 is 0 Å². The average Bonchev–Trinajstić information content (AvgIpc) is 3.10. The van der Waals surface area contributed by atoms with E-state index < -0.39 is 0 Å². The van der Waals surface area contributed by atoms with Gasteiger partial charge in [-0.2, -0.15) is 0 Å². The van der Waals surface area contributed by atoms with Crippen molar-refractivity contribution in [1.82, 2.24) is 4.98 Å². The summed E-state index contributed by atoms with van der Waals surface area (Å²) < 4.78 is 0. The highest BCUT2D eigenvalue weighted by Crippen LogP contribution is 2.40. The van der Waals surface area contributed by atoms with Gasteiger partial charge in [-0.05, 0) is 43.8 Å². The van der Waals surface area contributed by atoms with Crippen molar-refractivity contribution >= 4 is 22.9 Å². The Kier molecular flexibility index (Phi) is 4.09. The van der Waals surface area contributed by atoms with E-state index >= 15 is 0 Å². The van der Waals surface area contributed by atoms with E-state index in [-0.39, 0.29) is 17.5 Å². The van der Waals surface area contributed by atoms with Crippen LogP contribution in [0.25, 0.3) is 0 Å². The van der Waals surface area contributed by atoms with Crippen molar-refractivity contribution in [3.8, 4) is 0 Å². The number of hydrogen-bond donors (Lipinski definition) is 0. The summed E-state index contributed by atoms with van der Waals surface area (Å²) in [6.45, 7) is 5.21. The molecule has 2 aromatic rings. The average molecular weight is 323 g/mol. The number of pyridine rings is 1. The first-order valence-corrected chi connectivity index (χ1v) is 8.31. The van der Waals surface area contributed by atoms with E-state index in [1.54, 1.807) is 44.5 Å². The van der Waals surface area contributed by atoms with Crippen molar-refractivity contribution in [2.45, 2.75) is 26.7 Å². The number of rotatable bonds is 3. The summed E-state index contributed by atoms with van der Waals surface area (Å²) in [5.74, 6) is -0.326. The van der Waals surface area contributed by atoms with E-state index in [1.807, 2.05) is 29.6 Å². The molecule has 3 rings (SSSR count). The molecule has 0 radical (unpaired) electrons. The Morgan fingerprint density at radius 3 is 2.30 bits per heavy atom. The number of ketones is 2. The largest absolute Gasteiger partial charge is 0.289 e. The molecule has 0 bridgehead atoms. The standard InChI is InChI=1S/C19H17NO2S/c1-11-12(2)19(22)16(13(3)18(11)21)17(15-7-5-9-23-15)14-6-4-8-20-10-14/h4-10,17H,1-3H3. The van der Waals surface area contributed by atoms with E-state index in [1.165, 1.54) is 0 Å². The van der Waals surface area contributed by atoms with Crippen LogP contribution in [0.1, 0.15) is 37.1 Å². The molecule has 2 heterocycles. The van der Waals surface area contributed by atoms with Crippen molar-refractivity contribution in [2.24, 2.45) is 0 Å². The minimum absolute atomic E-state index is 0.0393. The molecule has 2 aromatic heterocycles. The predicted molar refractivity (Wildman–Crippen MR) is 91.5 cm³/mol. The molecule has 0 saturated carbocycles. The second-order valence-corrected chi connectivity index (χ2v) is 6.66. The Morgan fingerprint density at radius 1 is 0.957 bits per heavy atom. The highest BCUT2D eigenvalue weighted by atomic mass is 32.1. The first-order valence-electron chi connectivity index (χ1n) is 7.43. The fraction of sp³-hybridized carbons (Fsp3) is 0.211. The minimum atomic E-state index is -0.247. The maximum atomic E-state index is 12.9. The molecule has 4 heteroatoms. The molecule has 116 valence electrons. The molecular weight excluding hydrogens is 306 g/mol. The highest BCUT2D eigenvalue weighted by molar-refractivity contribution is 7.10. The van der Waals surface area contributed by atoms with Gasteiger partial charge >= 0.3 is 0 Å². The van der Waals surface area contributed by atoms with Crippen molar-refractivity contribution in [2.75, 3.05) is 0 Å². The van der Waals surface area contributed by atoms with Gasteiger partial charge in [0.25, 0.3) is 0 Å². The lowest BCUT2D eigenvalue weighted by Crippen LogP contribution is -2.24. The molecule has 0 amide bonds. The Labute approximate surface area is 139 Å². The van der Waals surface area contributed by atoms with Crippen LogP contribution in [0.3, 0.4) is 0 Å². The number of Topliss-reactive ketones (excluding diaryl/α,β-unsaturated/α-hetero) is 2. The van der Waals surface area contributed by atoms with E-state index in [0.29, 0.717) is 22.3 Å². The molecule has 1 aliphatic carbocycles. The molecular formula is C19H17NO2S. The van der Waals surface area contributed by atoms with Crippen LogP contribution in [0.4, 0.5) is 0 Å². The SMILES string of the molecule is CC1=C(C)C(=O)C(C(c2cccnc2)c2cccs2)=C(C)C1=O. The number of thiophene rings is 1. The molecule has 1 atom stereocenters. The molecule has 1 unspecified atom stereocenters. The zero-order valence-electron chi connectivity index (χ0n) is 13.3. The van der Waals surface area contributed by atoms with E-state index in [4.69, 9.17) is 0 Å². The van der Waals surface area contributed by atoms with Crippen molar-refractivity contribution in [3.63, 3.8) is 0 Å². The summed E-state index contributed by atoms with van der Waals surface area (Å²) in [5, 5.41) is 1.98. The first kappa shape index (κ1) is 15.6. The maximum absolute atomic E-state index is 12.9. The lowest BCUT2D eigenvalue weighted by molar-refractivity contribution is -0.116. The van der Waals surface area contributed by atoms with Gasteiger partial charge in [0, 0.05) is 45.5 Å². The first-order chi connectivity index (χ1) is 11.0. The Hall–Kier alpha value is -2.33. The molecule has 0 saturated heterocycles. The molecule has 0 N–H and O–H groups in total. The number of hydrogen-bond acceptors (Lipinski definition) is 4. The van der Waals surface area contributed by atoms with E-state index in [9.17, 15) is 9.59 Å². The molecule has 0 spiro atoms. The van der Waals surface area contributed by atoms with Crippen LogP contribution in [0.2, 0.25) is 0 Å². The number of aromatic nitrogens is 1. The lowest BCUT2D eigenvalue weighted by atomic mass is 9.77. The molecule has 0 aromatic carbocycles. The second-order valence-electron chi connectivity index (χ2n) is 5.68. The third-order valence-corrected chi connectivity index (χ3v) is 5.30. The summed E-state index contributed by atoms with van der Waals surface area (Å²) in [6.07, 6.45) is 3.47. The van der Waals surface area contributed by atoms with Gasteiger partial charge in [-0.3, -0.25) is 14.6 Å². The third-order valence-electron chi connectivity index (χ3n) is 4.37. The van der Waals surface area contributed by atoms with E-state index in [2.05, 4.69) is 4.98 Å². The molecule has 23 heavy (non-hydrogen) atoms. The van der Waals surface area contributed by atoms with Crippen LogP contribution in [0.15, 0.2) is 64.3 Å². The van der Waals surface area contributed by atoms with E-state index in [0.717, 1.165) is 10.4 Å². The van der Waals surface area contributed by atoms with Crippen LogP contribution in [-0.2, 0) is 9.59 Å². The van der Waals surface area contributed by atoms with Gasteiger partial charge in [0.05, 0.1) is 0 Å². The Balaban J connectivity index is 2.22. The minimum Gasteiger partial charge on any atom is -0.289 e. The summed E-state index contributed by atoms with van der Waals surface area (Å²) >= 11 is 1.59.